The zero-order chi connectivity index (χ0) is 21.1. The van der Waals surface area contributed by atoms with Crippen molar-refractivity contribution in [3.8, 4) is 0 Å². The van der Waals surface area contributed by atoms with Crippen molar-refractivity contribution in [3.05, 3.63) is 94.6 Å². The Morgan fingerprint density at radius 1 is 1.03 bits per heavy atom. The molecule has 0 saturated carbocycles. The van der Waals surface area contributed by atoms with E-state index < -0.39 is 0 Å². The molecule has 0 aliphatic carbocycles. The molecule has 4 nitrogen and oxygen atoms in total. The fourth-order valence-corrected chi connectivity index (χ4v) is 3.63. The maximum Gasteiger partial charge on any atom is 0.227 e. The van der Waals surface area contributed by atoms with Crippen molar-refractivity contribution in [2.45, 2.75) is 39.3 Å². The Morgan fingerprint density at radius 2 is 1.83 bits per heavy atom. The Morgan fingerprint density at radius 3 is 2.53 bits per heavy atom. The van der Waals surface area contributed by atoms with Crippen LogP contribution in [-0.4, -0.2) is 10.8 Å². The van der Waals surface area contributed by atoms with Gasteiger partial charge in [-0.2, -0.15) is 0 Å². The third kappa shape index (κ3) is 4.60. The van der Waals surface area contributed by atoms with Gasteiger partial charge in [0.05, 0.1) is 25.5 Å². The maximum absolute atomic E-state index is 13.3. The summed E-state index contributed by atoms with van der Waals surface area (Å²) in [5.41, 5.74) is 3.94. The molecule has 4 aromatic rings. The summed E-state index contributed by atoms with van der Waals surface area (Å²) in [4.78, 5) is 15.1. The first kappa shape index (κ1) is 20.3. The Hall–Kier alpha value is -2.98. The lowest BCUT2D eigenvalue weighted by Crippen LogP contribution is -2.31. The Bertz CT molecular complexity index is 1130. The summed E-state index contributed by atoms with van der Waals surface area (Å²) in [6.07, 6.45) is 3.58. The van der Waals surface area contributed by atoms with Gasteiger partial charge in [-0.3, -0.25) is 4.79 Å². The molecule has 30 heavy (non-hydrogen) atoms. The summed E-state index contributed by atoms with van der Waals surface area (Å²) in [5.74, 6) is 1.17. The lowest BCUT2D eigenvalue weighted by Gasteiger charge is -2.22. The molecule has 0 aliphatic rings. The lowest BCUT2D eigenvalue weighted by atomic mass is 10.00. The quantitative estimate of drug-likeness (QED) is 0.339. The van der Waals surface area contributed by atoms with Crippen molar-refractivity contribution in [1.29, 1.82) is 0 Å². The van der Waals surface area contributed by atoms with Gasteiger partial charge in [-0.15, -0.1) is 0 Å². The molecule has 0 aliphatic heterocycles. The first-order valence-electron chi connectivity index (χ1n) is 10.0. The summed E-state index contributed by atoms with van der Waals surface area (Å²) in [6.45, 7) is 5.19. The van der Waals surface area contributed by atoms with Gasteiger partial charge in [0, 0.05) is 22.5 Å². The standard InChI is InChI=1S/C25H24ClNO3/c1-17(2)19-7-10-24-23(12-19)20(16-30-24)13-25(28)27(15-22-4-3-11-29-22)14-18-5-8-21(26)9-6-18/h3-12,16-17H,13-15H2,1-2H3. The molecule has 0 spiro atoms. The number of carbonyl (C=O) groups excluding carboxylic acids is 1. The van der Waals surface area contributed by atoms with Gasteiger partial charge in [0.25, 0.3) is 0 Å². The van der Waals surface area contributed by atoms with E-state index in [0.29, 0.717) is 24.0 Å². The zero-order valence-electron chi connectivity index (χ0n) is 17.1. The maximum atomic E-state index is 13.3. The van der Waals surface area contributed by atoms with Crippen LogP contribution in [0, 0.1) is 0 Å². The average molecular weight is 422 g/mol. The molecule has 5 heteroatoms. The van der Waals surface area contributed by atoms with Gasteiger partial charge in [0.15, 0.2) is 0 Å². The normalized spacial score (nSPS) is 11.3. The first-order chi connectivity index (χ1) is 14.5. The first-order valence-corrected chi connectivity index (χ1v) is 10.4. The van der Waals surface area contributed by atoms with Crippen LogP contribution in [0.4, 0.5) is 0 Å². The number of hydrogen-bond donors (Lipinski definition) is 0. The predicted octanol–water partition coefficient (Wildman–Crippen LogP) is 6.57. The summed E-state index contributed by atoms with van der Waals surface area (Å²) in [7, 11) is 0. The number of nitrogens with zero attached hydrogens (tertiary/aromatic N) is 1. The molecule has 154 valence electrons. The van der Waals surface area contributed by atoms with Crippen molar-refractivity contribution in [2.24, 2.45) is 0 Å². The number of benzene rings is 2. The second-order valence-corrected chi connectivity index (χ2v) is 8.24. The summed E-state index contributed by atoms with van der Waals surface area (Å²) in [6, 6.07) is 17.4. The predicted molar refractivity (Wildman–Crippen MR) is 118 cm³/mol. The van der Waals surface area contributed by atoms with Crippen LogP contribution in [0.25, 0.3) is 11.0 Å². The minimum atomic E-state index is 0.0130. The van der Waals surface area contributed by atoms with Crippen molar-refractivity contribution >= 4 is 28.5 Å². The van der Waals surface area contributed by atoms with Gasteiger partial charge in [0.2, 0.25) is 5.91 Å². The molecule has 0 fully saturated rings. The SMILES string of the molecule is CC(C)c1ccc2occ(CC(=O)N(Cc3ccc(Cl)cc3)Cc3ccco3)c2c1. The second-order valence-electron chi connectivity index (χ2n) is 7.80. The topological polar surface area (TPSA) is 46.6 Å². The van der Waals surface area contributed by atoms with E-state index in [0.717, 1.165) is 27.9 Å². The lowest BCUT2D eigenvalue weighted by molar-refractivity contribution is -0.132. The third-order valence-electron chi connectivity index (χ3n) is 5.25. The number of furan rings is 2. The van der Waals surface area contributed by atoms with Gasteiger partial charge in [-0.25, -0.2) is 0 Å². The molecule has 4 rings (SSSR count). The highest BCUT2D eigenvalue weighted by Crippen LogP contribution is 2.27. The summed E-state index contributed by atoms with van der Waals surface area (Å²) in [5, 5.41) is 1.67. The highest BCUT2D eigenvalue weighted by Gasteiger charge is 2.19. The number of halogens is 1. The van der Waals surface area contributed by atoms with Crippen molar-refractivity contribution in [2.75, 3.05) is 0 Å². The van der Waals surface area contributed by atoms with Gasteiger partial charge < -0.3 is 13.7 Å². The van der Waals surface area contributed by atoms with Crippen LogP contribution in [-0.2, 0) is 24.3 Å². The van der Waals surface area contributed by atoms with Crippen molar-refractivity contribution in [3.63, 3.8) is 0 Å². The fraction of sp³-hybridized carbons (Fsp3) is 0.240. The molecule has 2 heterocycles. The van der Waals surface area contributed by atoms with Crippen LogP contribution < -0.4 is 0 Å². The molecule has 0 bridgehead atoms. The molecule has 0 saturated heterocycles. The Balaban J connectivity index is 1.58. The van der Waals surface area contributed by atoms with Crippen LogP contribution in [0.5, 0.6) is 0 Å². The number of carbonyl (C=O) groups is 1. The van der Waals surface area contributed by atoms with Crippen LogP contribution >= 0.6 is 11.6 Å². The van der Waals surface area contributed by atoms with E-state index in [1.54, 1.807) is 17.4 Å². The molecular weight excluding hydrogens is 398 g/mol. The van der Waals surface area contributed by atoms with Crippen LogP contribution in [0.15, 0.2) is 76.0 Å². The van der Waals surface area contributed by atoms with Gasteiger partial charge >= 0.3 is 0 Å². The fourth-order valence-electron chi connectivity index (χ4n) is 3.50. The Labute approximate surface area is 181 Å². The highest BCUT2D eigenvalue weighted by molar-refractivity contribution is 6.30. The van der Waals surface area contributed by atoms with Gasteiger partial charge in [-0.05, 0) is 53.4 Å². The number of rotatable bonds is 7. The number of amides is 1. The van der Waals surface area contributed by atoms with E-state index in [1.807, 2.05) is 42.5 Å². The molecule has 0 N–H and O–H groups in total. The van der Waals surface area contributed by atoms with Gasteiger partial charge in [0.1, 0.15) is 11.3 Å². The van der Waals surface area contributed by atoms with Crippen LogP contribution in [0.1, 0.15) is 42.2 Å². The minimum Gasteiger partial charge on any atom is -0.467 e. The van der Waals surface area contributed by atoms with Gasteiger partial charge in [-0.1, -0.05) is 43.6 Å². The molecule has 0 unspecified atom stereocenters. The van der Waals surface area contributed by atoms with Crippen LogP contribution in [0.3, 0.4) is 0 Å². The third-order valence-corrected chi connectivity index (χ3v) is 5.50. The zero-order valence-corrected chi connectivity index (χ0v) is 17.9. The summed E-state index contributed by atoms with van der Waals surface area (Å²) < 4.78 is 11.2. The minimum absolute atomic E-state index is 0.0130. The molecular formula is C25H24ClNO3. The van der Waals surface area contributed by atoms with E-state index in [2.05, 4.69) is 26.0 Å². The molecule has 1 amide bonds. The second kappa shape index (κ2) is 8.80. The summed E-state index contributed by atoms with van der Waals surface area (Å²) >= 11 is 6.01. The van der Waals surface area contributed by atoms with E-state index in [-0.39, 0.29) is 12.3 Å². The highest BCUT2D eigenvalue weighted by atomic mass is 35.5. The van der Waals surface area contributed by atoms with E-state index in [1.165, 1.54) is 5.56 Å². The molecule has 2 aromatic heterocycles. The number of fused-ring (bicyclic) bond motifs is 1. The molecule has 0 atom stereocenters. The number of hydrogen-bond acceptors (Lipinski definition) is 3. The molecule has 0 radical (unpaired) electrons. The van der Waals surface area contributed by atoms with Crippen molar-refractivity contribution < 1.29 is 13.6 Å². The van der Waals surface area contributed by atoms with E-state index in [4.69, 9.17) is 20.4 Å². The average Bonchev–Trinajstić information content (AvgIpc) is 3.39. The monoisotopic (exact) mass is 421 g/mol. The molecule has 2 aromatic carbocycles. The van der Waals surface area contributed by atoms with E-state index in [9.17, 15) is 4.79 Å². The Kier molecular flexibility index (Phi) is 5.96. The smallest absolute Gasteiger partial charge is 0.227 e. The van der Waals surface area contributed by atoms with Crippen LogP contribution in [0.2, 0.25) is 5.02 Å². The largest absolute Gasteiger partial charge is 0.467 e. The van der Waals surface area contributed by atoms with E-state index >= 15 is 0 Å². The van der Waals surface area contributed by atoms with Crippen molar-refractivity contribution in [1.82, 2.24) is 4.90 Å².